The van der Waals surface area contributed by atoms with Crippen molar-refractivity contribution < 1.29 is 4.74 Å². The van der Waals surface area contributed by atoms with Gasteiger partial charge in [-0.1, -0.05) is 37.3 Å². The molecule has 170 valence electrons. The van der Waals surface area contributed by atoms with E-state index >= 15 is 0 Å². The molecule has 0 spiro atoms. The molecule has 3 atom stereocenters. The lowest BCUT2D eigenvalue weighted by atomic mass is 9.98. The monoisotopic (exact) mass is 443 g/mol. The van der Waals surface area contributed by atoms with Crippen molar-refractivity contribution >= 4 is 5.69 Å². The summed E-state index contributed by atoms with van der Waals surface area (Å²) in [5.41, 5.74) is 5.36. The average Bonchev–Trinajstić information content (AvgIpc) is 3.47. The molecule has 0 bridgehead atoms. The van der Waals surface area contributed by atoms with Crippen molar-refractivity contribution in [2.45, 2.75) is 25.0 Å². The normalized spacial score (nSPS) is 17.0. The van der Waals surface area contributed by atoms with Crippen LogP contribution in [0.15, 0.2) is 67.4 Å². The van der Waals surface area contributed by atoms with Gasteiger partial charge in [0.2, 0.25) is 5.88 Å². The molecule has 4 aromatic rings. The number of rotatable bonds is 7. The third kappa shape index (κ3) is 4.61. The maximum Gasteiger partial charge on any atom is 0.237 e. The van der Waals surface area contributed by atoms with Crippen LogP contribution in [-0.4, -0.2) is 43.7 Å². The summed E-state index contributed by atoms with van der Waals surface area (Å²) in [5, 5.41) is 15.8. The zero-order valence-electron chi connectivity index (χ0n) is 19.1. The highest BCUT2D eigenvalue weighted by atomic mass is 16.5. The van der Waals surface area contributed by atoms with Crippen molar-refractivity contribution in [3.8, 4) is 17.0 Å². The Labute approximate surface area is 193 Å². The Morgan fingerprint density at radius 2 is 1.82 bits per heavy atom. The van der Waals surface area contributed by atoms with Crippen LogP contribution in [0.2, 0.25) is 0 Å². The Balaban J connectivity index is 1.34. The van der Waals surface area contributed by atoms with Gasteiger partial charge < -0.3 is 15.4 Å². The van der Waals surface area contributed by atoms with Crippen LogP contribution in [0.3, 0.4) is 0 Å². The third-order valence-corrected chi connectivity index (χ3v) is 6.11. The quantitative estimate of drug-likeness (QED) is 0.455. The van der Waals surface area contributed by atoms with Gasteiger partial charge in [-0.3, -0.25) is 9.36 Å². The van der Waals surface area contributed by atoms with Crippen molar-refractivity contribution in [3.05, 3.63) is 78.5 Å². The molecule has 1 aromatic carbocycles. The standard InChI is InChI=1S/C25H29N7O/c1-17(20-12-29-31(2)15-20)10-27-24(18-7-5-4-6-8-18)23-14-26-22-9-19(11-28-25(22)33-23)21-13-30-32(3)16-21/h4-9,11-13,15-17,23-24,26-27H,10,14H2,1-3H3/t17-,23+,24-/m1/s1. The number of aromatic nitrogens is 5. The first-order valence-corrected chi connectivity index (χ1v) is 11.2. The van der Waals surface area contributed by atoms with E-state index in [1.807, 2.05) is 49.6 Å². The van der Waals surface area contributed by atoms with Gasteiger partial charge in [0.15, 0.2) is 0 Å². The van der Waals surface area contributed by atoms with Crippen LogP contribution in [0.5, 0.6) is 5.88 Å². The second-order valence-electron chi connectivity index (χ2n) is 8.66. The molecule has 8 heteroatoms. The topological polar surface area (TPSA) is 81.8 Å². The molecule has 4 heterocycles. The number of nitrogens with one attached hydrogen (secondary N) is 2. The van der Waals surface area contributed by atoms with E-state index in [1.165, 1.54) is 11.1 Å². The second-order valence-corrected chi connectivity index (χ2v) is 8.66. The van der Waals surface area contributed by atoms with Crippen LogP contribution in [0.1, 0.15) is 30.0 Å². The predicted molar refractivity (Wildman–Crippen MR) is 128 cm³/mol. The Kier molecular flexibility index (Phi) is 5.83. The molecule has 1 aliphatic rings. The lowest BCUT2D eigenvalue weighted by Crippen LogP contribution is -2.43. The molecular formula is C25H29N7O. The van der Waals surface area contributed by atoms with E-state index in [0.29, 0.717) is 18.3 Å². The smallest absolute Gasteiger partial charge is 0.237 e. The Hall–Kier alpha value is -3.65. The molecule has 0 radical (unpaired) electrons. The van der Waals surface area contributed by atoms with E-state index in [2.05, 4.69) is 69.3 Å². The SMILES string of the molecule is C[C@H](CN[C@H](c1ccccc1)[C@@H]1CNc2cc(-c3cnn(C)c3)cnc2O1)c1cnn(C)c1. The van der Waals surface area contributed by atoms with E-state index in [4.69, 9.17) is 4.74 Å². The van der Waals surface area contributed by atoms with Crippen LogP contribution >= 0.6 is 0 Å². The largest absolute Gasteiger partial charge is 0.469 e. The summed E-state index contributed by atoms with van der Waals surface area (Å²) in [5.74, 6) is 0.954. The molecule has 0 saturated heterocycles. The van der Waals surface area contributed by atoms with Gasteiger partial charge in [0.1, 0.15) is 6.10 Å². The molecule has 33 heavy (non-hydrogen) atoms. The maximum atomic E-state index is 6.41. The van der Waals surface area contributed by atoms with Crippen molar-refractivity contribution in [1.82, 2.24) is 29.9 Å². The molecule has 0 amide bonds. The van der Waals surface area contributed by atoms with Gasteiger partial charge in [0.05, 0.1) is 30.7 Å². The number of fused-ring (bicyclic) bond motifs is 1. The predicted octanol–water partition coefficient (Wildman–Crippen LogP) is 3.52. The van der Waals surface area contributed by atoms with Crippen LogP contribution in [0.4, 0.5) is 5.69 Å². The highest BCUT2D eigenvalue weighted by Gasteiger charge is 2.30. The van der Waals surface area contributed by atoms with Gasteiger partial charge in [-0.25, -0.2) is 4.98 Å². The molecule has 0 saturated carbocycles. The molecule has 5 rings (SSSR count). The number of anilines is 1. The number of aryl methyl sites for hydroxylation is 2. The third-order valence-electron chi connectivity index (χ3n) is 6.11. The summed E-state index contributed by atoms with van der Waals surface area (Å²) < 4.78 is 10.0. The Bertz CT molecular complexity index is 1220. The van der Waals surface area contributed by atoms with E-state index < -0.39 is 0 Å². The number of benzene rings is 1. The van der Waals surface area contributed by atoms with Gasteiger partial charge in [-0.05, 0) is 23.1 Å². The number of hydrogen-bond donors (Lipinski definition) is 2. The first-order valence-electron chi connectivity index (χ1n) is 11.2. The van der Waals surface area contributed by atoms with Crippen LogP contribution in [-0.2, 0) is 14.1 Å². The van der Waals surface area contributed by atoms with Crippen molar-refractivity contribution in [2.24, 2.45) is 14.1 Å². The van der Waals surface area contributed by atoms with Gasteiger partial charge in [-0.15, -0.1) is 0 Å². The molecule has 1 aliphatic heterocycles. The molecular weight excluding hydrogens is 414 g/mol. The van der Waals surface area contributed by atoms with E-state index in [0.717, 1.165) is 23.4 Å². The summed E-state index contributed by atoms with van der Waals surface area (Å²) >= 11 is 0. The van der Waals surface area contributed by atoms with Gasteiger partial charge in [-0.2, -0.15) is 10.2 Å². The summed E-state index contributed by atoms with van der Waals surface area (Å²) in [7, 11) is 3.86. The number of hydrogen-bond acceptors (Lipinski definition) is 6. The minimum absolute atomic E-state index is 0.0192. The summed E-state index contributed by atoms with van der Waals surface area (Å²) in [6.07, 6.45) is 9.57. The fourth-order valence-electron chi connectivity index (χ4n) is 4.22. The summed E-state index contributed by atoms with van der Waals surface area (Å²) in [6.45, 7) is 3.70. The second kappa shape index (κ2) is 9.07. The Morgan fingerprint density at radius 1 is 1.03 bits per heavy atom. The van der Waals surface area contributed by atoms with Crippen LogP contribution < -0.4 is 15.4 Å². The molecule has 8 nitrogen and oxygen atoms in total. The summed E-state index contributed by atoms with van der Waals surface area (Å²) in [4.78, 5) is 4.62. The summed E-state index contributed by atoms with van der Waals surface area (Å²) in [6, 6.07) is 12.6. The number of nitrogens with zero attached hydrogens (tertiary/aromatic N) is 5. The highest BCUT2D eigenvalue weighted by Crippen LogP contribution is 2.34. The fraction of sp³-hybridized carbons (Fsp3) is 0.320. The molecule has 2 N–H and O–H groups in total. The lowest BCUT2D eigenvalue weighted by Gasteiger charge is -2.34. The van der Waals surface area contributed by atoms with Gasteiger partial charge in [0, 0.05) is 50.4 Å². The number of ether oxygens (including phenoxy) is 1. The zero-order valence-corrected chi connectivity index (χ0v) is 19.1. The van der Waals surface area contributed by atoms with Gasteiger partial charge in [0.25, 0.3) is 0 Å². The average molecular weight is 444 g/mol. The molecule has 3 aromatic heterocycles. The Morgan fingerprint density at radius 3 is 2.55 bits per heavy atom. The first-order chi connectivity index (χ1) is 16.1. The van der Waals surface area contributed by atoms with Crippen molar-refractivity contribution in [2.75, 3.05) is 18.4 Å². The lowest BCUT2D eigenvalue weighted by molar-refractivity contribution is 0.149. The highest BCUT2D eigenvalue weighted by molar-refractivity contribution is 5.69. The van der Waals surface area contributed by atoms with Crippen LogP contribution in [0.25, 0.3) is 11.1 Å². The minimum Gasteiger partial charge on any atom is -0.469 e. The van der Waals surface area contributed by atoms with Crippen LogP contribution in [0, 0.1) is 0 Å². The van der Waals surface area contributed by atoms with Gasteiger partial charge >= 0.3 is 0 Å². The van der Waals surface area contributed by atoms with E-state index in [1.54, 1.807) is 4.68 Å². The first kappa shape index (κ1) is 21.2. The van der Waals surface area contributed by atoms with E-state index in [9.17, 15) is 0 Å². The van der Waals surface area contributed by atoms with Crippen molar-refractivity contribution in [3.63, 3.8) is 0 Å². The fourth-order valence-corrected chi connectivity index (χ4v) is 4.22. The van der Waals surface area contributed by atoms with Crippen molar-refractivity contribution in [1.29, 1.82) is 0 Å². The molecule has 0 fully saturated rings. The maximum absolute atomic E-state index is 6.41. The molecule has 0 unspecified atom stereocenters. The zero-order chi connectivity index (χ0) is 22.8. The molecule has 0 aliphatic carbocycles. The number of pyridine rings is 1. The minimum atomic E-state index is -0.0993. The van der Waals surface area contributed by atoms with E-state index in [-0.39, 0.29) is 12.1 Å².